The predicted molar refractivity (Wildman–Crippen MR) is 133 cm³/mol. The summed E-state index contributed by atoms with van der Waals surface area (Å²) < 4.78 is 2.70. The van der Waals surface area contributed by atoms with Crippen molar-refractivity contribution in [2.45, 2.75) is 50.7 Å². The number of pyridine rings is 1. The van der Waals surface area contributed by atoms with Crippen molar-refractivity contribution >= 4 is 33.0 Å². The lowest BCUT2D eigenvalue weighted by Crippen LogP contribution is -2.36. The first-order valence-corrected chi connectivity index (χ1v) is 12.5. The van der Waals surface area contributed by atoms with Gasteiger partial charge < -0.3 is 10.6 Å². The molecule has 4 heterocycles. The summed E-state index contributed by atoms with van der Waals surface area (Å²) in [5, 5.41) is 7.30. The molecule has 1 atom stereocenters. The number of nitrogens with one attached hydrogen (secondary N) is 2. The zero-order valence-corrected chi connectivity index (χ0v) is 19.5. The molecule has 172 valence electrons. The van der Waals surface area contributed by atoms with Crippen LogP contribution in [0.5, 0.6) is 0 Å². The van der Waals surface area contributed by atoms with E-state index in [0.717, 1.165) is 26.4 Å². The molecule has 34 heavy (non-hydrogen) atoms. The number of hydrogen-bond acceptors (Lipinski definition) is 6. The standard InChI is InChI=1S/C26H25N5O2S/c32-25(30-14-20-11-19-13-27-10-9-23(19)34-20)22-7-8-24-29-15-21(26(33)31(22)24)28-12-16-1-3-17(4-2-16)18-5-6-18/h1-4,9-11,13,15,18,22,28H,5-8,12,14H2,(H,30,32)/t22-/m0/s1. The highest BCUT2D eigenvalue weighted by atomic mass is 32.1. The van der Waals surface area contributed by atoms with Crippen molar-refractivity contribution in [3.8, 4) is 0 Å². The van der Waals surface area contributed by atoms with Gasteiger partial charge in [0.15, 0.2) is 0 Å². The van der Waals surface area contributed by atoms with Crippen LogP contribution in [0.4, 0.5) is 5.69 Å². The zero-order chi connectivity index (χ0) is 23.1. The van der Waals surface area contributed by atoms with E-state index >= 15 is 0 Å². The fourth-order valence-electron chi connectivity index (χ4n) is 4.61. The maximum absolute atomic E-state index is 13.2. The average molecular weight is 472 g/mol. The van der Waals surface area contributed by atoms with Crippen LogP contribution in [0.15, 0.2) is 59.8 Å². The van der Waals surface area contributed by atoms with E-state index in [1.54, 1.807) is 28.3 Å². The van der Waals surface area contributed by atoms with Gasteiger partial charge in [0.2, 0.25) is 5.91 Å². The fourth-order valence-corrected chi connectivity index (χ4v) is 5.59. The maximum atomic E-state index is 13.2. The molecule has 4 aromatic rings. The second-order valence-electron chi connectivity index (χ2n) is 9.03. The Morgan fingerprint density at radius 2 is 1.94 bits per heavy atom. The van der Waals surface area contributed by atoms with Crippen molar-refractivity contribution in [2.75, 3.05) is 5.32 Å². The van der Waals surface area contributed by atoms with Gasteiger partial charge in [-0.3, -0.25) is 19.1 Å². The first-order chi connectivity index (χ1) is 16.7. The molecule has 0 saturated heterocycles. The molecule has 1 amide bonds. The van der Waals surface area contributed by atoms with Gasteiger partial charge in [-0.2, -0.15) is 0 Å². The molecule has 1 aliphatic carbocycles. The van der Waals surface area contributed by atoms with E-state index in [-0.39, 0.29) is 11.5 Å². The lowest BCUT2D eigenvalue weighted by molar-refractivity contribution is -0.124. The van der Waals surface area contributed by atoms with E-state index in [4.69, 9.17) is 0 Å². The van der Waals surface area contributed by atoms with Crippen LogP contribution < -0.4 is 16.2 Å². The number of hydrogen-bond donors (Lipinski definition) is 2. The van der Waals surface area contributed by atoms with Gasteiger partial charge in [0, 0.05) is 40.3 Å². The number of benzene rings is 1. The molecular weight excluding hydrogens is 446 g/mol. The zero-order valence-electron chi connectivity index (χ0n) is 18.7. The van der Waals surface area contributed by atoms with Crippen LogP contribution in [0.1, 0.15) is 53.1 Å². The monoisotopic (exact) mass is 471 g/mol. The number of aromatic nitrogens is 3. The summed E-state index contributed by atoms with van der Waals surface area (Å²) in [6.07, 6.45) is 8.95. The molecular formula is C26H25N5O2S. The van der Waals surface area contributed by atoms with Gasteiger partial charge in [-0.25, -0.2) is 4.98 Å². The summed E-state index contributed by atoms with van der Waals surface area (Å²) in [5.74, 6) is 1.25. The van der Waals surface area contributed by atoms with E-state index in [2.05, 4.69) is 44.9 Å². The molecule has 7 nitrogen and oxygen atoms in total. The highest BCUT2D eigenvalue weighted by Crippen LogP contribution is 2.39. The molecule has 1 fully saturated rings. The molecule has 2 aliphatic rings. The highest BCUT2D eigenvalue weighted by molar-refractivity contribution is 7.19. The maximum Gasteiger partial charge on any atom is 0.277 e. The van der Waals surface area contributed by atoms with Gasteiger partial charge in [0.05, 0.1) is 12.7 Å². The SMILES string of the molecule is O=C(NCc1cc2cnccc2s1)[C@@H]1CCc2ncc(NCc3ccc(C4CC4)cc3)c(=O)n21. The number of anilines is 1. The smallest absolute Gasteiger partial charge is 0.277 e. The van der Waals surface area contributed by atoms with Crippen LogP contribution >= 0.6 is 11.3 Å². The minimum atomic E-state index is -0.536. The third-order valence-corrected chi connectivity index (χ3v) is 7.76. The van der Waals surface area contributed by atoms with Crippen LogP contribution in [0.2, 0.25) is 0 Å². The molecule has 0 unspecified atom stereocenters. The Hall–Kier alpha value is -3.52. The van der Waals surface area contributed by atoms with Crippen LogP contribution in [0, 0.1) is 0 Å². The van der Waals surface area contributed by atoms with Gasteiger partial charge in [0.25, 0.3) is 5.56 Å². The molecule has 3 aromatic heterocycles. The Morgan fingerprint density at radius 3 is 2.74 bits per heavy atom. The number of rotatable bonds is 7. The molecule has 1 aromatic carbocycles. The van der Waals surface area contributed by atoms with Gasteiger partial charge in [-0.1, -0.05) is 24.3 Å². The lowest BCUT2D eigenvalue weighted by atomic mass is 10.1. The second-order valence-corrected chi connectivity index (χ2v) is 10.2. The van der Waals surface area contributed by atoms with Crippen LogP contribution in [0.25, 0.3) is 10.1 Å². The summed E-state index contributed by atoms with van der Waals surface area (Å²) >= 11 is 1.64. The van der Waals surface area contributed by atoms with E-state index in [0.29, 0.717) is 37.4 Å². The number of aryl methyl sites for hydroxylation is 1. The summed E-state index contributed by atoms with van der Waals surface area (Å²) in [6, 6.07) is 12.1. The lowest BCUT2D eigenvalue weighted by Gasteiger charge is -2.15. The van der Waals surface area contributed by atoms with Crippen molar-refractivity contribution in [3.63, 3.8) is 0 Å². The third kappa shape index (κ3) is 4.09. The first-order valence-electron chi connectivity index (χ1n) is 11.7. The molecule has 2 N–H and O–H groups in total. The van der Waals surface area contributed by atoms with Crippen molar-refractivity contribution in [2.24, 2.45) is 0 Å². The number of amides is 1. The Kier molecular flexibility index (Phi) is 5.37. The van der Waals surface area contributed by atoms with E-state index in [9.17, 15) is 9.59 Å². The normalized spacial score (nSPS) is 17.0. The Morgan fingerprint density at radius 1 is 1.09 bits per heavy atom. The van der Waals surface area contributed by atoms with E-state index < -0.39 is 6.04 Å². The summed E-state index contributed by atoms with van der Waals surface area (Å²) in [4.78, 5) is 35.9. The van der Waals surface area contributed by atoms with E-state index in [1.807, 2.05) is 18.3 Å². The number of carbonyl (C=O) groups is 1. The van der Waals surface area contributed by atoms with Crippen LogP contribution in [-0.4, -0.2) is 20.4 Å². The molecule has 6 rings (SSSR count). The van der Waals surface area contributed by atoms with Crippen molar-refractivity contribution in [1.29, 1.82) is 0 Å². The number of carbonyl (C=O) groups excluding carboxylic acids is 1. The first kappa shape index (κ1) is 21.0. The Bertz CT molecular complexity index is 1390. The minimum Gasteiger partial charge on any atom is -0.375 e. The summed E-state index contributed by atoms with van der Waals surface area (Å²) in [6.45, 7) is 0.972. The average Bonchev–Trinajstić information content (AvgIpc) is 3.47. The topological polar surface area (TPSA) is 88.9 Å². The number of fused-ring (bicyclic) bond motifs is 2. The largest absolute Gasteiger partial charge is 0.375 e. The van der Waals surface area contributed by atoms with Gasteiger partial charge in [-0.05, 0) is 48.4 Å². The number of thiophene rings is 1. The van der Waals surface area contributed by atoms with Crippen molar-refractivity contribution in [3.05, 3.63) is 87.2 Å². The molecule has 1 aliphatic heterocycles. The molecule has 1 saturated carbocycles. The van der Waals surface area contributed by atoms with Crippen LogP contribution in [-0.2, 0) is 24.3 Å². The summed E-state index contributed by atoms with van der Waals surface area (Å²) in [5.41, 5.74) is 2.74. The highest BCUT2D eigenvalue weighted by Gasteiger charge is 2.31. The summed E-state index contributed by atoms with van der Waals surface area (Å²) in [7, 11) is 0. The Balaban J connectivity index is 1.14. The number of nitrogens with zero attached hydrogens (tertiary/aromatic N) is 3. The van der Waals surface area contributed by atoms with Gasteiger partial charge in [0.1, 0.15) is 17.6 Å². The molecule has 8 heteroatoms. The third-order valence-electron chi connectivity index (χ3n) is 6.64. The quantitative estimate of drug-likeness (QED) is 0.423. The molecule has 0 bridgehead atoms. The second kappa shape index (κ2) is 8.68. The Labute approximate surface area is 200 Å². The van der Waals surface area contributed by atoms with Crippen molar-refractivity contribution < 1.29 is 4.79 Å². The van der Waals surface area contributed by atoms with E-state index in [1.165, 1.54) is 18.4 Å². The van der Waals surface area contributed by atoms with Crippen molar-refractivity contribution in [1.82, 2.24) is 19.9 Å². The minimum absolute atomic E-state index is 0.147. The predicted octanol–water partition coefficient (Wildman–Crippen LogP) is 4.15. The molecule has 0 radical (unpaired) electrons. The van der Waals surface area contributed by atoms with Gasteiger partial charge >= 0.3 is 0 Å². The molecule has 0 spiro atoms. The van der Waals surface area contributed by atoms with Gasteiger partial charge in [-0.15, -0.1) is 11.3 Å². The fraction of sp³-hybridized carbons (Fsp3) is 0.308. The van der Waals surface area contributed by atoms with Crippen LogP contribution in [0.3, 0.4) is 0 Å².